The SMILES string of the molecule is COCCN(CCCl)C(=O)O. The highest BCUT2D eigenvalue weighted by Crippen LogP contribution is 1.90. The van der Waals surface area contributed by atoms with Crippen LogP contribution in [0.15, 0.2) is 0 Å². The lowest BCUT2D eigenvalue weighted by Gasteiger charge is -2.16. The summed E-state index contributed by atoms with van der Waals surface area (Å²) in [5.74, 6) is 0.315. The van der Waals surface area contributed by atoms with Crippen LogP contribution in [-0.2, 0) is 4.74 Å². The van der Waals surface area contributed by atoms with Gasteiger partial charge in [0.1, 0.15) is 0 Å². The Morgan fingerprint density at radius 1 is 1.64 bits per heavy atom. The van der Waals surface area contributed by atoms with Gasteiger partial charge in [0.05, 0.1) is 6.61 Å². The molecule has 0 aliphatic rings. The molecule has 0 aliphatic heterocycles. The van der Waals surface area contributed by atoms with E-state index in [2.05, 4.69) is 0 Å². The summed E-state index contributed by atoms with van der Waals surface area (Å²) in [6.45, 7) is 1.13. The van der Waals surface area contributed by atoms with Crippen LogP contribution in [0, 0.1) is 0 Å². The first-order chi connectivity index (χ1) is 5.22. The molecule has 5 heteroatoms. The molecule has 0 spiro atoms. The molecule has 0 aromatic rings. The van der Waals surface area contributed by atoms with Gasteiger partial charge in [0.25, 0.3) is 0 Å². The summed E-state index contributed by atoms with van der Waals surface area (Å²) in [5, 5.41) is 8.54. The Bertz CT molecular complexity index is 120. The van der Waals surface area contributed by atoms with E-state index in [0.29, 0.717) is 25.6 Å². The standard InChI is InChI=1S/C6H12ClNO3/c1-11-5-4-8(3-2-7)6(9)10/h2-5H2,1H3,(H,9,10). The lowest BCUT2D eigenvalue weighted by Crippen LogP contribution is -2.34. The number of rotatable bonds is 5. The second-order valence-corrected chi connectivity index (χ2v) is 2.33. The minimum atomic E-state index is -0.956. The molecule has 0 saturated heterocycles. The molecule has 0 saturated carbocycles. The van der Waals surface area contributed by atoms with E-state index < -0.39 is 6.09 Å². The van der Waals surface area contributed by atoms with Gasteiger partial charge in [-0.25, -0.2) is 4.79 Å². The van der Waals surface area contributed by atoms with Crippen LogP contribution in [0.3, 0.4) is 0 Å². The first-order valence-electron chi connectivity index (χ1n) is 3.25. The van der Waals surface area contributed by atoms with Crippen molar-refractivity contribution in [3.05, 3.63) is 0 Å². The van der Waals surface area contributed by atoms with Gasteiger partial charge >= 0.3 is 6.09 Å². The third kappa shape index (κ3) is 4.86. The van der Waals surface area contributed by atoms with Crippen molar-refractivity contribution in [2.24, 2.45) is 0 Å². The molecule has 0 bridgehead atoms. The van der Waals surface area contributed by atoms with Gasteiger partial charge in [0, 0.05) is 26.1 Å². The Hall–Kier alpha value is -0.480. The van der Waals surface area contributed by atoms with Gasteiger partial charge in [0.15, 0.2) is 0 Å². The molecule has 0 aromatic carbocycles. The average molecular weight is 182 g/mol. The van der Waals surface area contributed by atoms with Gasteiger partial charge in [0.2, 0.25) is 0 Å². The summed E-state index contributed by atoms with van der Waals surface area (Å²) < 4.78 is 4.72. The number of alkyl halides is 1. The smallest absolute Gasteiger partial charge is 0.407 e. The minimum absolute atomic E-state index is 0.315. The van der Waals surface area contributed by atoms with Crippen molar-refractivity contribution < 1.29 is 14.6 Å². The summed E-state index contributed by atoms with van der Waals surface area (Å²) in [5.41, 5.74) is 0. The number of carboxylic acid groups (broad SMARTS) is 1. The zero-order valence-electron chi connectivity index (χ0n) is 6.42. The molecule has 0 rings (SSSR count). The molecule has 0 atom stereocenters. The maximum Gasteiger partial charge on any atom is 0.407 e. The molecule has 0 radical (unpaired) electrons. The van der Waals surface area contributed by atoms with Crippen molar-refractivity contribution in [3.8, 4) is 0 Å². The maximum absolute atomic E-state index is 10.4. The number of hydrogen-bond donors (Lipinski definition) is 1. The van der Waals surface area contributed by atoms with Gasteiger partial charge in [-0.2, -0.15) is 0 Å². The van der Waals surface area contributed by atoms with Crippen molar-refractivity contribution in [1.82, 2.24) is 4.90 Å². The second kappa shape index (κ2) is 6.24. The van der Waals surface area contributed by atoms with E-state index >= 15 is 0 Å². The first-order valence-corrected chi connectivity index (χ1v) is 3.78. The summed E-state index contributed by atoms with van der Waals surface area (Å²) in [7, 11) is 1.53. The number of nitrogens with zero attached hydrogens (tertiary/aromatic N) is 1. The molecule has 1 amide bonds. The largest absolute Gasteiger partial charge is 0.465 e. The average Bonchev–Trinajstić information content (AvgIpc) is 1.97. The molecule has 11 heavy (non-hydrogen) atoms. The Morgan fingerprint density at radius 2 is 2.27 bits per heavy atom. The zero-order chi connectivity index (χ0) is 8.69. The minimum Gasteiger partial charge on any atom is -0.465 e. The number of amides is 1. The fraction of sp³-hybridized carbons (Fsp3) is 0.833. The fourth-order valence-corrected chi connectivity index (χ4v) is 0.811. The number of halogens is 1. The van der Waals surface area contributed by atoms with Crippen LogP contribution in [-0.4, -0.2) is 48.8 Å². The molecule has 66 valence electrons. The third-order valence-electron chi connectivity index (χ3n) is 1.19. The van der Waals surface area contributed by atoms with Crippen LogP contribution < -0.4 is 0 Å². The number of ether oxygens (including phenoxy) is 1. The van der Waals surface area contributed by atoms with Crippen LogP contribution >= 0.6 is 11.6 Å². The molecule has 0 aliphatic carbocycles. The molecular formula is C6H12ClNO3. The van der Waals surface area contributed by atoms with E-state index in [1.807, 2.05) is 0 Å². The van der Waals surface area contributed by atoms with Crippen molar-refractivity contribution in [2.75, 3.05) is 32.7 Å². The van der Waals surface area contributed by atoms with Crippen LogP contribution in [0.2, 0.25) is 0 Å². The highest BCUT2D eigenvalue weighted by atomic mass is 35.5. The Labute approximate surface area is 70.7 Å². The van der Waals surface area contributed by atoms with Gasteiger partial charge in [-0.1, -0.05) is 0 Å². The molecule has 0 unspecified atom stereocenters. The van der Waals surface area contributed by atoms with Gasteiger partial charge in [-0.15, -0.1) is 11.6 Å². The van der Waals surface area contributed by atoms with Crippen LogP contribution in [0.4, 0.5) is 4.79 Å². The predicted molar refractivity (Wildman–Crippen MR) is 42.2 cm³/mol. The van der Waals surface area contributed by atoms with E-state index in [-0.39, 0.29) is 0 Å². The Morgan fingerprint density at radius 3 is 2.64 bits per heavy atom. The van der Waals surface area contributed by atoms with Crippen molar-refractivity contribution in [1.29, 1.82) is 0 Å². The lowest BCUT2D eigenvalue weighted by atomic mass is 10.5. The fourth-order valence-electron chi connectivity index (χ4n) is 0.607. The molecular weight excluding hydrogens is 170 g/mol. The molecule has 4 nitrogen and oxygen atoms in total. The summed E-state index contributed by atoms with van der Waals surface area (Å²) in [6, 6.07) is 0. The van der Waals surface area contributed by atoms with Gasteiger partial charge in [-0.05, 0) is 0 Å². The molecule has 0 aromatic heterocycles. The highest BCUT2D eigenvalue weighted by molar-refractivity contribution is 6.18. The Balaban J connectivity index is 3.60. The molecule has 0 heterocycles. The lowest BCUT2D eigenvalue weighted by molar-refractivity contribution is 0.121. The Kier molecular flexibility index (Phi) is 5.97. The van der Waals surface area contributed by atoms with Crippen LogP contribution in [0.25, 0.3) is 0 Å². The summed E-state index contributed by atoms with van der Waals surface area (Å²) in [4.78, 5) is 11.6. The van der Waals surface area contributed by atoms with Crippen molar-refractivity contribution in [2.45, 2.75) is 0 Å². The first kappa shape index (κ1) is 10.5. The second-order valence-electron chi connectivity index (χ2n) is 1.95. The topological polar surface area (TPSA) is 49.8 Å². The predicted octanol–water partition coefficient (Wildman–Crippen LogP) is 0.852. The van der Waals surface area contributed by atoms with Gasteiger partial charge < -0.3 is 14.7 Å². The third-order valence-corrected chi connectivity index (χ3v) is 1.36. The van der Waals surface area contributed by atoms with Crippen LogP contribution in [0.1, 0.15) is 0 Å². The van der Waals surface area contributed by atoms with E-state index in [1.165, 1.54) is 12.0 Å². The molecule has 0 fully saturated rings. The number of carbonyl (C=O) groups is 1. The van der Waals surface area contributed by atoms with Crippen molar-refractivity contribution in [3.63, 3.8) is 0 Å². The van der Waals surface area contributed by atoms with E-state index in [9.17, 15) is 4.79 Å². The highest BCUT2D eigenvalue weighted by Gasteiger charge is 2.08. The van der Waals surface area contributed by atoms with Crippen LogP contribution in [0.5, 0.6) is 0 Å². The van der Waals surface area contributed by atoms with E-state index in [1.54, 1.807) is 0 Å². The summed E-state index contributed by atoms with van der Waals surface area (Å²) in [6.07, 6.45) is -0.956. The maximum atomic E-state index is 10.4. The monoisotopic (exact) mass is 181 g/mol. The number of methoxy groups -OCH3 is 1. The van der Waals surface area contributed by atoms with Gasteiger partial charge in [-0.3, -0.25) is 0 Å². The molecule has 1 N–H and O–H groups in total. The van der Waals surface area contributed by atoms with Crippen molar-refractivity contribution >= 4 is 17.7 Å². The quantitative estimate of drug-likeness (QED) is 0.640. The van der Waals surface area contributed by atoms with E-state index in [4.69, 9.17) is 21.4 Å². The normalized spacial score (nSPS) is 9.64. The zero-order valence-corrected chi connectivity index (χ0v) is 7.17. The summed E-state index contributed by atoms with van der Waals surface area (Å²) >= 11 is 5.37. The number of hydrogen-bond acceptors (Lipinski definition) is 2. The van der Waals surface area contributed by atoms with E-state index in [0.717, 1.165) is 0 Å².